The Morgan fingerprint density at radius 3 is 2.37 bits per heavy atom. The summed E-state index contributed by atoms with van der Waals surface area (Å²) in [4.78, 5) is 5.03. The molecule has 0 radical (unpaired) electrons. The van der Waals surface area contributed by atoms with E-state index in [2.05, 4.69) is 9.36 Å². The highest BCUT2D eigenvalue weighted by atomic mass is 32.1. The van der Waals surface area contributed by atoms with Gasteiger partial charge in [0, 0.05) is 30.8 Å². The van der Waals surface area contributed by atoms with Gasteiger partial charge in [0.05, 0.1) is 0 Å². The first-order valence-corrected chi connectivity index (χ1v) is 6.13. The minimum absolute atomic E-state index is 0.188. The van der Waals surface area contributed by atoms with Crippen molar-refractivity contribution in [2.75, 3.05) is 11.9 Å². The van der Waals surface area contributed by atoms with Crippen molar-refractivity contribution < 1.29 is 13.2 Å². The van der Waals surface area contributed by atoms with E-state index in [0.29, 0.717) is 18.1 Å². The summed E-state index contributed by atoms with van der Waals surface area (Å²) in [7, 11) is 1.64. The first-order chi connectivity index (χ1) is 8.91. The van der Waals surface area contributed by atoms with Crippen molar-refractivity contribution in [1.82, 2.24) is 9.36 Å². The van der Waals surface area contributed by atoms with Gasteiger partial charge >= 0.3 is 6.18 Å². The zero-order valence-corrected chi connectivity index (χ0v) is 10.8. The first kappa shape index (κ1) is 13.8. The Bertz CT molecular complexity index is 550. The Morgan fingerprint density at radius 1 is 1.26 bits per heavy atom. The van der Waals surface area contributed by atoms with Crippen LogP contribution in [0.4, 0.5) is 24.0 Å². The summed E-state index contributed by atoms with van der Waals surface area (Å²) in [5.41, 5.74) is 7.15. The number of nitrogens with two attached hydrogens (primary N) is 1. The van der Waals surface area contributed by atoms with Crippen LogP contribution in [0.3, 0.4) is 0 Å². The number of nitrogens with zero attached hydrogens (tertiary/aromatic N) is 3. The van der Waals surface area contributed by atoms with Gasteiger partial charge in [0.2, 0.25) is 11.0 Å². The lowest BCUT2D eigenvalue weighted by atomic mass is 10.2. The van der Waals surface area contributed by atoms with E-state index >= 15 is 0 Å². The topological polar surface area (TPSA) is 55.0 Å². The number of hydrogen-bond donors (Lipinski definition) is 1. The van der Waals surface area contributed by atoms with Crippen LogP contribution in [0.2, 0.25) is 0 Å². The fourth-order valence-corrected chi connectivity index (χ4v) is 2.10. The lowest BCUT2D eigenvalue weighted by Gasteiger charge is -2.15. The lowest BCUT2D eigenvalue weighted by Crippen LogP contribution is -2.11. The van der Waals surface area contributed by atoms with E-state index in [9.17, 15) is 13.2 Å². The molecule has 0 spiro atoms. The summed E-state index contributed by atoms with van der Waals surface area (Å²) in [6, 6.07) is 7.18. The maximum Gasteiger partial charge on any atom is 0.452 e. The Balaban J connectivity index is 2.23. The summed E-state index contributed by atoms with van der Waals surface area (Å²) in [5, 5.41) is 0.188. The number of halogens is 3. The normalized spacial score (nSPS) is 11.6. The van der Waals surface area contributed by atoms with E-state index < -0.39 is 12.0 Å². The van der Waals surface area contributed by atoms with Crippen molar-refractivity contribution in [1.29, 1.82) is 0 Å². The molecule has 0 fully saturated rings. The van der Waals surface area contributed by atoms with Crippen LogP contribution < -0.4 is 10.6 Å². The third-order valence-corrected chi connectivity index (χ3v) is 3.31. The van der Waals surface area contributed by atoms with Crippen LogP contribution in [-0.4, -0.2) is 16.4 Å². The maximum absolute atomic E-state index is 12.4. The maximum atomic E-state index is 12.4. The highest BCUT2D eigenvalue weighted by Crippen LogP contribution is 2.32. The van der Waals surface area contributed by atoms with Gasteiger partial charge in [0.1, 0.15) is 0 Å². The Hall–Kier alpha value is -1.67. The molecular formula is C11H11F3N4S. The standard InChI is InChI=1S/C11H11F3N4S/c1-18(8-4-2-7(6-15)3-5-8)10-16-9(17-19-10)11(12,13)14/h2-5H,6,15H2,1H3. The van der Waals surface area contributed by atoms with Crippen molar-refractivity contribution in [3.63, 3.8) is 0 Å². The van der Waals surface area contributed by atoms with Crippen LogP contribution in [0, 0.1) is 0 Å². The van der Waals surface area contributed by atoms with Crippen molar-refractivity contribution in [3.05, 3.63) is 35.7 Å². The van der Waals surface area contributed by atoms with E-state index in [1.165, 1.54) is 0 Å². The van der Waals surface area contributed by atoms with Gasteiger partial charge in [-0.05, 0) is 17.7 Å². The average molecular weight is 288 g/mol. The zero-order valence-electron chi connectivity index (χ0n) is 9.98. The van der Waals surface area contributed by atoms with E-state index in [4.69, 9.17) is 5.73 Å². The number of benzene rings is 1. The quantitative estimate of drug-likeness (QED) is 0.943. The van der Waals surface area contributed by atoms with Crippen LogP contribution in [0.5, 0.6) is 0 Å². The molecule has 0 aliphatic heterocycles. The molecule has 1 heterocycles. The van der Waals surface area contributed by atoms with Crippen LogP contribution in [-0.2, 0) is 12.7 Å². The molecule has 0 atom stereocenters. The van der Waals surface area contributed by atoms with Gasteiger partial charge in [-0.25, -0.2) is 0 Å². The molecule has 0 bridgehead atoms. The van der Waals surface area contributed by atoms with Crippen molar-refractivity contribution >= 4 is 22.4 Å². The van der Waals surface area contributed by atoms with E-state index in [1.54, 1.807) is 24.1 Å². The summed E-state index contributed by atoms with van der Waals surface area (Å²) < 4.78 is 40.6. The van der Waals surface area contributed by atoms with Gasteiger partial charge in [-0.3, -0.25) is 0 Å². The number of hydrogen-bond acceptors (Lipinski definition) is 5. The second-order valence-electron chi connectivity index (χ2n) is 3.83. The number of rotatable bonds is 3. The van der Waals surface area contributed by atoms with Crippen LogP contribution in [0.15, 0.2) is 24.3 Å². The lowest BCUT2D eigenvalue weighted by molar-refractivity contribution is -0.144. The third-order valence-electron chi connectivity index (χ3n) is 2.52. The van der Waals surface area contributed by atoms with Crippen LogP contribution in [0.25, 0.3) is 0 Å². The van der Waals surface area contributed by atoms with E-state index in [1.807, 2.05) is 12.1 Å². The van der Waals surface area contributed by atoms with Gasteiger partial charge in [-0.2, -0.15) is 22.5 Å². The molecular weight excluding hydrogens is 277 g/mol. The summed E-state index contributed by atoms with van der Waals surface area (Å²) in [5.74, 6) is -1.11. The predicted molar refractivity (Wildman–Crippen MR) is 67.3 cm³/mol. The molecule has 0 unspecified atom stereocenters. The number of alkyl halides is 3. The average Bonchev–Trinajstić information content (AvgIpc) is 2.87. The molecule has 1 aromatic carbocycles. The fraction of sp³-hybridized carbons (Fsp3) is 0.273. The molecule has 2 N–H and O–H groups in total. The van der Waals surface area contributed by atoms with E-state index in [0.717, 1.165) is 11.3 Å². The smallest absolute Gasteiger partial charge is 0.326 e. The monoisotopic (exact) mass is 288 g/mol. The van der Waals surface area contributed by atoms with Gasteiger partial charge in [-0.15, -0.1) is 0 Å². The molecule has 2 aromatic rings. The molecule has 4 nitrogen and oxygen atoms in total. The molecule has 0 amide bonds. The van der Waals surface area contributed by atoms with Crippen molar-refractivity contribution in [2.24, 2.45) is 5.73 Å². The van der Waals surface area contributed by atoms with E-state index in [-0.39, 0.29) is 5.13 Å². The largest absolute Gasteiger partial charge is 0.452 e. The molecule has 0 saturated heterocycles. The number of aromatic nitrogens is 2. The first-order valence-electron chi connectivity index (χ1n) is 5.35. The molecule has 1 aromatic heterocycles. The fourth-order valence-electron chi connectivity index (χ4n) is 1.43. The SMILES string of the molecule is CN(c1ccc(CN)cc1)c1nc(C(F)(F)F)ns1. The molecule has 0 aliphatic carbocycles. The highest BCUT2D eigenvalue weighted by molar-refractivity contribution is 7.09. The Labute approximate surface area is 111 Å². The predicted octanol–water partition coefficient (Wildman–Crippen LogP) is 2.78. The van der Waals surface area contributed by atoms with Crippen LogP contribution >= 0.6 is 11.5 Å². The van der Waals surface area contributed by atoms with Crippen LogP contribution in [0.1, 0.15) is 11.4 Å². The molecule has 19 heavy (non-hydrogen) atoms. The van der Waals surface area contributed by atoms with Gasteiger partial charge < -0.3 is 10.6 Å². The summed E-state index contributed by atoms with van der Waals surface area (Å²) in [6.07, 6.45) is -4.51. The van der Waals surface area contributed by atoms with Gasteiger partial charge in [-0.1, -0.05) is 12.1 Å². The number of anilines is 2. The van der Waals surface area contributed by atoms with Gasteiger partial charge in [0.15, 0.2) is 0 Å². The second-order valence-corrected chi connectivity index (χ2v) is 4.56. The Morgan fingerprint density at radius 2 is 1.89 bits per heavy atom. The highest BCUT2D eigenvalue weighted by Gasteiger charge is 2.36. The Kier molecular flexibility index (Phi) is 3.72. The minimum Gasteiger partial charge on any atom is -0.326 e. The minimum atomic E-state index is -4.51. The summed E-state index contributed by atoms with van der Waals surface area (Å²) in [6.45, 7) is 0.418. The second kappa shape index (κ2) is 5.14. The van der Waals surface area contributed by atoms with Crippen molar-refractivity contribution in [3.8, 4) is 0 Å². The molecule has 0 saturated carbocycles. The zero-order chi connectivity index (χ0) is 14.0. The molecule has 8 heteroatoms. The third kappa shape index (κ3) is 3.02. The van der Waals surface area contributed by atoms with Gasteiger partial charge in [0.25, 0.3) is 0 Å². The van der Waals surface area contributed by atoms with Crippen molar-refractivity contribution in [2.45, 2.75) is 12.7 Å². The molecule has 102 valence electrons. The summed E-state index contributed by atoms with van der Waals surface area (Å²) >= 11 is 0.709. The molecule has 2 rings (SSSR count). The molecule has 0 aliphatic rings.